The maximum Gasteiger partial charge on any atom is 0.309 e. The van der Waals surface area contributed by atoms with Crippen molar-refractivity contribution in [3.8, 4) is 0 Å². The largest absolute Gasteiger partial charge is 0.456 e. The molecule has 8 nitrogen and oxygen atoms in total. The zero-order valence-electron chi connectivity index (χ0n) is 21.9. The summed E-state index contributed by atoms with van der Waals surface area (Å²) in [5.41, 5.74) is 0.199. The minimum Gasteiger partial charge on any atom is -0.456 e. The highest BCUT2D eigenvalue weighted by molar-refractivity contribution is 6.32. The Kier molecular flexibility index (Phi) is 11.3. The molecule has 0 unspecified atom stereocenters. The molecule has 0 saturated heterocycles. The van der Waals surface area contributed by atoms with Gasteiger partial charge in [-0.15, -0.1) is 0 Å². The number of hydrogen-bond donors (Lipinski definition) is 3. The lowest BCUT2D eigenvalue weighted by atomic mass is 9.71. The third-order valence-corrected chi connectivity index (χ3v) is 7.44. The predicted octanol–water partition coefficient (Wildman–Crippen LogP) is 4.55. The van der Waals surface area contributed by atoms with E-state index in [4.69, 9.17) is 25.9 Å². The van der Waals surface area contributed by atoms with Gasteiger partial charge in [0.1, 0.15) is 30.5 Å². The number of aliphatic hydroxyl groups excluding tert-OH is 3. The van der Waals surface area contributed by atoms with Gasteiger partial charge in [-0.3, -0.25) is 9.59 Å². The molecule has 1 aliphatic heterocycles. The van der Waals surface area contributed by atoms with E-state index in [-0.39, 0.29) is 29.2 Å². The molecule has 0 aromatic carbocycles. The molecule has 1 aromatic heterocycles. The number of cyclic esters (lactones) is 1. The van der Waals surface area contributed by atoms with Gasteiger partial charge in [0.25, 0.3) is 0 Å². The van der Waals surface area contributed by atoms with E-state index in [1.165, 1.54) is 12.3 Å². The van der Waals surface area contributed by atoms with Crippen LogP contribution in [0.3, 0.4) is 0 Å². The molecule has 0 bridgehead atoms. The van der Waals surface area contributed by atoms with Gasteiger partial charge in [-0.2, -0.15) is 0 Å². The Hall–Kier alpha value is -2.00. The van der Waals surface area contributed by atoms with Gasteiger partial charge < -0.3 is 24.5 Å². The maximum atomic E-state index is 13.4. The summed E-state index contributed by atoms with van der Waals surface area (Å²) in [7, 11) is 0. The molecule has 0 amide bonds. The van der Waals surface area contributed by atoms with Gasteiger partial charge in [0.15, 0.2) is 0 Å². The summed E-state index contributed by atoms with van der Waals surface area (Å²) >= 11 is 6.51. The molecule has 1 aliphatic rings. The molecule has 5 atom stereocenters. The van der Waals surface area contributed by atoms with Gasteiger partial charge in [0.2, 0.25) is 5.89 Å². The summed E-state index contributed by atoms with van der Waals surface area (Å²) in [6.45, 7) is 8.60. The number of ether oxygens (including phenoxy) is 1. The number of hydrogen-bond acceptors (Lipinski definition) is 8. The van der Waals surface area contributed by atoms with Crippen LogP contribution in [0.15, 0.2) is 27.4 Å². The van der Waals surface area contributed by atoms with Crippen LogP contribution in [-0.4, -0.2) is 50.4 Å². The van der Waals surface area contributed by atoms with E-state index in [0.717, 1.165) is 24.8 Å². The molecular formula is C27H40ClNO7. The monoisotopic (exact) mass is 525 g/mol. The van der Waals surface area contributed by atoms with Crippen LogP contribution in [-0.2, 0) is 20.9 Å². The van der Waals surface area contributed by atoms with E-state index in [9.17, 15) is 19.8 Å². The third kappa shape index (κ3) is 8.00. The summed E-state index contributed by atoms with van der Waals surface area (Å²) in [4.78, 5) is 30.3. The number of allylic oxidation sites excluding steroid dienone is 1. The first-order valence-electron chi connectivity index (χ1n) is 12.6. The normalized spacial score (nSPS) is 31.0. The van der Waals surface area contributed by atoms with E-state index in [1.54, 1.807) is 13.8 Å². The smallest absolute Gasteiger partial charge is 0.309 e. The molecule has 1 aromatic rings. The molecule has 3 N–H and O–H groups in total. The quantitative estimate of drug-likeness (QED) is 0.385. The Labute approximate surface area is 218 Å². The number of oxazole rings is 1. The predicted molar refractivity (Wildman–Crippen MR) is 137 cm³/mol. The van der Waals surface area contributed by atoms with Gasteiger partial charge in [-0.05, 0) is 44.6 Å². The van der Waals surface area contributed by atoms with Crippen LogP contribution >= 0.6 is 11.6 Å². The molecule has 36 heavy (non-hydrogen) atoms. The fourth-order valence-electron chi connectivity index (χ4n) is 4.44. The number of aliphatic hydroxyl groups is 3. The fraction of sp³-hybridized carbons (Fsp3) is 0.667. The van der Waals surface area contributed by atoms with Crippen molar-refractivity contribution >= 4 is 29.4 Å². The highest BCUT2D eigenvalue weighted by Crippen LogP contribution is 2.34. The molecule has 0 fully saturated rings. The number of halogens is 1. The van der Waals surface area contributed by atoms with Crippen LogP contribution < -0.4 is 0 Å². The summed E-state index contributed by atoms with van der Waals surface area (Å²) in [5, 5.41) is 31.2. The average molecular weight is 526 g/mol. The van der Waals surface area contributed by atoms with Crippen molar-refractivity contribution in [3.63, 3.8) is 0 Å². The summed E-state index contributed by atoms with van der Waals surface area (Å²) in [6, 6.07) is 0. The number of ketones is 1. The van der Waals surface area contributed by atoms with E-state index in [1.807, 2.05) is 26.8 Å². The SMILES string of the molecule is CC[C@H]1C(=O)C(C)(C)[C@@H](O)CC(=O)O[C@H](/C(Cl)=C/c2coc(CO)n2)C/C=C(/C)CCC[C@H](C)[C@@H]1O. The van der Waals surface area contributed by atoms with Crippen molar-refractivity contribution in [1.29, 1.82) is 0 Å². The first kappa shape index (κ1) is 30.2. The van der Waals surface area contributed by atoms with Crippen molar-refractivity contribution in [2.45, 2.75) is 98.1 Å². The second kappa shape index (κ2) is 13.5. The number of nitrogens with zero attached hydrogens (tertiary/aromatic N) is 1. The lowest BCUT2D eigenvalue weighted by molar-refractivity contribution is -0.154. The van der Waals surface area contributed by atoms with Crippen LogP contribution in [0.4, 0.5) is 0 Å². The average Bonchev–Trinajstić information content (AvgIpc) is 3.28. The highest BCUT2D eigenvalue weighted by Gasteiger charge is 2.43. The number of esters is 1. The minimum atomic E-state index is -1.30. The molecule has 0 aliphatic carbocycles. The van der Waals surface area contributed by atoms with Crippen molar-refractivity contribution in [2.24, 2.45) is 17.3 Å². The van der Waals surface area contributed by atoms with Crippen molar-refractivity contribution in [1.82, 2.24) is 4.98 Å². The Morgan fingerprint density at radius 1 is 1.31 bits per heavy atom. The van der Waals surface area contributed by atoms with Crippen LogP contribution in [0.1, 0.15) is 84.7 Å². The lowest BCUT2D eigenvalue weighted by Crippen LogP contribution is -2.46. The molecule has 2 heterocycles. The van der Waals surface area contributed by atoms with Crippen molar-refractivity contribution in [3.05, 3.63) is 34.5 Å². The molecule has 0 saturated carbocycles. The Bertz CT molecular complexity index is 952. The summed E-state index contributed by atoms with van der Waals surface area (Å²) in [6.07, 6.45) is 4.56. The molecule has 202 valence electrons. The second-order valence-electron chi connectivity index (χ2n) is 10.3. The Morgan fingerprint density at radius 3 is 2.61 bits per heavy atom. The van der Waals surface area contributed by atoms with E-state index in [0.29, 0.717) is 18.5 Å². The number of carbonyl (C=O) groups is 2. The van der Waals surface area contributed by atoms with Crippen LogP contribution in [0, 0.1) is 17.3 Å². The fourth-order valence-corrected chi connectivity index (χ4v) is 4.68. The van der Waals surface area contributed by atoms with E-state index in [2.05, 4.69) is 4.98 Å². The van der Waals surface area contributed by atoms with Crippen molar-refractivity contribution < 1.29 is 34.1 Å². The molecule has 9 heteroatoms. The second-order valence-corrected chi connectivity index (χ2v) is 10.7. The summed E-state index contributed by atoms with van der Waals surface area (Å²) in [5.74, 6) is -1.56. The van der Waals surface area contributed by atoms with E-state index >= 15 is 0 Å². The molecule has 2 rings (SSSR count). The topological polar surface area (TPSA) is 130 Å². The Balaban J connectivity index is 2.35. The van der Waals surface area contributed by atoms with Crippen LogP contribution in [0.2, 0.25) is 0 Å². The van der Waals surface area contributed by atoms with Gasteiger partial charge in [-0.25, -0.2) is 4.98 Å². The molecular weight excluding hydrogens is 486 g/mol. The number of rotatable bonds is 4. The first-order valence-corrected chi connectivity index (χ1v) is 13.0. The highest BCUT2D eigenvalue weighted by atomic mass is 35.5. The zero-order chi connectivity index (χ0) is 27.0. The van der Waals surface area contributed by atoms with Gasteiger partial charge in [0.05, 0.1) is 29.1 Å². The Morgan fingerprint density at radius 2 is 2.00 bits per heavy atom. The molecule has 0 radical (unpaired) electrons. The number of Topliss-reactive ketones (excluding diaryl/α,β-unsaturated/α-hetero) is 1. The lowest BCUT2D eigenvalue weighted by Gasteiger charge is -2.35. The van der Waals surface area contributed by atoms with Gasteiger partial charge in [-0.1, -0.05) is 50.9 Å². The first-order chi connectivity index (χ1) is 16.9. The van der Waals surface area contributed by atoms with E-state index < -0.39 is 42.0 Å². The standard InChI is InChI=1S/C27H40ClNO7/c1-6-19-25(33)17(3)9-7-8-16(2)10-11-21(20(28)12-18-15-35-23(14-30)29-18)36-24(32)13-22(31)27(4,5)26(19)34/h10,12,15,17,19,21-22,25,30-31,33H,6-9,11,13-14H2,1-5H3/b16-10-,20-12-/t17-,19+,21-,22-,25-/m0/s1. The van der Waals surface area contributed by atoms with Crippen LogP contribution in [0.25, 0.3) is 6.08 Å². The van der Waals surface area contributed by atoms with Crippen molar-refractivity contribution in [2.75, 3.05) is 0 Å². The number of carbonyl (C=O) groups excluding carboxylic acids is 2. The van der Waals surface area contributed by atoms with Gasteiger partial charge in [0, 0.05) is 12.3 Å². The van der Waals surface area contributed by atoms with Crippen LogP contribution in [0.5, 0.6) is 0 Å². The maximum absolute atomic E-state index is 13.4. The zero-order valence-corrected chi connectivity index (χ0v) is 22.6. The number of aromatic nitrogens is 1. The minimum absolute atomic E-state index is 0.0890. The molecule has 0 spiro atoms. The third-order valence-electron chi connectivity index (χ3n) is 7.08. The summed E-state index contributed by atoms with van der Waals surface area (Å²) < 4.78 is 10.8. The van der Waals surface area contributed by atoms with Gasteiger partial charge >= 0.3 is 5.97 Å².